The summed E-state index contributed by atoms with van der Waals surface area (Å²) in [4.78, 5) is 7.78. The SMILES string of the molecule is Cc1cnc(Cl)nc1N[C@H](CO)c1cc(F)cc(F)c1. The van der Waals surface area contributed by atoms with Gasteiger partial charge in [-0.05, 0) is 36.2 Å². The van der Waals surface area contributed by atoms with Gasteiger partial charge in [0.1, 0.15) is 17.5 Å². The molecule has 1 aromatic carbocycles. The number of halogens is 3. The fourth-order valence-electron chi connectivity index (χ4n) is 1.74. The van der Waals surface area contributed by atoms with Gasteiger partial charge >= 0.3 is 0 Å². The normalized spacial score (nSPS) is 12.2. The number of nitrogens with zero attached hydrogens (tertiary/aromatic N) is 2. The van der Waals surface area contributed by atoms with Gasteiger partial charge in [-0.3, -0.25) is 0 Å². The standard InChI is InChI=1S/C13H12ClF2N3O/c1-7-5-17-13(14)19-12(7)18-11(6-20)8-2-9(15)4-10(16)3-8/h2-5,11,20H,6H2,1H3,(H,17,18,19)/t11-/m1/s1. The molecule has 0 fully saturated rings. The van der Waals surface area contributed by atoms with Crippen LogP contribution in [-0.4, -0.2) is 21.7 Å². The van der Waals surface area contributed by atoms with E-state index in [1.165, 1.54) is 6.20 Å². The van der Waals surface area contributed by atoms with Crippen molar-refractivity contribution in [2.45, 2.75) is 13.0 Å². The number of hydrogen-bond acceptors (Lipinski definition) is 4. The maximum Gasteiger partial charge on any atom is 0.224 e. The van der Waals surface area contributed by atoms with E-state index >= 15 is 0 Å². The number of rotatable bonds is 4. The van der Waals surface area contributed by atoms with Gasteiger partial charge in [-0.2, -0.15) is 0 Å². The molecule has 106 valence electrons. The average Bonchev–Trinajstić information content (AvgIpc) is 2.38. The van der Waals surface area contributed by atoms with Crippen LogP contribution in [0.25, 0.3) is 0 Å². The summed E-state index contributed by atoms with van der Waals surface area (Å²) in [6.07, 6.45) is 1.51. The summed E-state index contributed by atoms with van der Waals surface area (Å²) in [6.45, 7) is 1.39. The highest BCUT2D eigenvalue weighted by Crippen LogP contribution is 2.22. The molecule has 1 heterocycles. The van der Waals surface area contributed by atoms with E-state index in [1.807, 2.05) is 0 Å². The summed E-state index contributed by atoms with van der Waals surface area (Å²) >= 11 is 5.70. The van der Waals surface area contributed by atoms with Gasteiger partial charge in [0.25, 0.3) is 0 Å². The minimum Gasteiger partial charge on any atom is -0.394 e. The van der Waals surface area contributed by atoms with Crippen LogP contribution in [-0.2, 0) is 0 Å². The van der Waals surface area contributed by atoms with E-state index in [0.717, 1.165) is 18.2 Å². The molecule has 0 radical (unpaired) electrons. The topological polar surface area (TPSA) is 58.0 Å². The van der Waals surface area contributed by atoms with E-state index < -0.39 is 17.7 Å². The molecule has 0 bridgehead atoms. The molecule has 20 heavy (non-hydrogen) atoms. The van der Waals surface area contributed by atoms with Crippen molar-refractivity contribution in [1.82, 2.24) is 9.97 Å². The van der Waals surface area contributed by atoms with Crippen molar-refractivity contribution in [3.63, 3.8) is 0 Å². The smallest absolute Gasteiger partial charge is 0.224 e. The van der Waals surface area contributed by atoms with Gasteiger partial charge in [0.15, 0.2) is 0 Å². The molecular formula is C13H12ClF2N3O. The van der Waals surface area contributed by atoms with Crippen molar-refractivity contribution in [3.05, 3.63) is 52.4 Å². The molecule has 0 saturated carbocycles. The minimum absolute atomic E-state index is 0.0419. The molecular weight excluding hydrogens is 288 g/mol. The van der Waals surface area contributed by atoms with Gasteiger partial charge in [-0.15, -0.1) is 0 Å². The molecule has 2 aromatic rings. The van der Waals surface area contributed by atoms with E-state index in [2.05, 4.69) is 15.3 Å². The first-order chi connectivity index (χ1) is 9.49. The number of aryl methyl sites for hydroxylation is 1. The summed E-state index contributed by atoms with van der Waals surface area (Å²) in [5.74, 6) is -1.02. The van der Waals surface area contributed by atoms with E-state index in [1.54, 1.807) is 6.92 Å². The monoisotopic (exact) mass is 299 g/mol. The Morgan fingerprint density at radius 3 is 2.55 bits per heavy atom. The molecule has 1 aromatic heterocycles. The molecule has 0 aliphatic heterocycles. The van der Waals surface area contributed by atoms with Crippen molar-refractivity contribution in [1.29, 1.82) is 0 Å². The third kappa shape index (κ3) is 3.40. The predicted octanol–water partition coefficient (Wildman–Crippen LogP) is 2.86. The van der Waals surface area contributed by atoms with E-state index in [0.29, 0.717) is 11.4 Å². The third-order valence-electron chi connectivity index (χ3n) is 2.72. The molecule has 2 N–H and O–H groups in total. The second-order valence-electron chi connectivity index (χ2n) is 4.25. The number of aromatic nitrogens is 2. The van der Waals surface area contributed by atoms with Crippen molar-refractivity contribution in [2.75, 3.05) is 11.9 Å². The first-order valence-electron chi connectivity index (χ1n) is 5.82. The van der Waals surface area contributed by atoms with Crippen LogP contribution < -0.4 is 5.32 Å². The summed E-state index contributed by atoms with van der Waals surface area (Å²) in [5.41, 5.74) is 0.976. The van der Waals surface area contributed by atoms with Crippen LogP contribution >= 0.6 is 11.6 Å². The van der Waals surface area contributed by atoms with Crippen molar-refractivity contribution >= 4 is 17.4 Å². The lowest BCUT2D eigenvalue weighted by molar-refractivity contribution is 0.275. The zero-order valence-corrected chi connectivity index (χ0v) is 11.3. The fourth-order valence-corrected chi connectivity index (χ4v) is 1.88. The third-order valence-corrected chi connectivity index (χ3v) is 2.91. The van der Waals surface area contributed by atoms with Crippen LogP contribution in [0.1, 0.15) is 17.2 Å². The van der Waals surface area contributed by atoms with E-state index in [-0.39, 0.29) is 17.5 Å². The Morgan fingerprint density at radius 1 is 1.30 bits per heavy atom. The Kier molecular flexibility index (Phi) is 4.46. The van der Waals surface area contributed by atoms with E-state index in [9.17, 15) is 13.9 Å². The lowest BCUT2D eigenvalue weighted by Crippen LogP contribution is -2.17. The maximum absolute atomic E-state index is 13.2. The largest absolute Gasteiger partial charge is 0.394 e. The van der Waals surface area contributed by atoms with Crippen LogP contribution in [0.15, 0.2) is 24.4 Å². The Labute approximate surface area is 119 Å². The highest BCUT2D eigenvalue weighted by molar-refractivity contribution is 6.28. The van der Waals surface area contributed by atoms with Crippen molar-refractivity contribution < 1.29 is 13.9 Å². The highest BCUT2D eigenvalue weighted by atomic mass is 35.5. The van der Waals surface area contributed by atoms with Gasteiger partial charge in [-0.1, -0.05) is 0 Å². The summed E-state index contributed by atoms with van der Waals surface area (Å²) in [5, 5.41) is 12.3. The lowest BCUT2D eigenvalue weighted by Gasteiger charge is -2.18. The van der Waals surface area contributed by atoms with Crippen LogP contribution in [0.2, 0.25) is 5.28 Å². The van der Waals surface area contributed by atoms with Gasteiger partial charge in [0.2, 0.25) is 5.28 Å². The number of aliphatic hydroxyl groups excluding tert-OH is 1. The van der Waals surface area contributed by atoms with Crippen LogP contribution in [0, 0.1) is 18.6 Å². The molecule has 0 unspecified atom stereocenters. The summed E-state index contributed by atoms with van der Waals surface area (Å²) in [7, 11) is 0. The molecule has 0 saturated heterocycles. The number of anilines is 1. The second-order valence-corrected chi connectivity index (χ2v) is 4.59. The van der Waals surface area contributed by atoms with Crippen LogP contribution in [0.5, 0.6) is 0 Å². The molecule has 1 atom stereocenters. The molecule has 0 aliphatic carbocycles. The van der Waals surface area contributed by atoms with Gasteiger partial charge in [0.05, 0.1) is 12.6 Å². The number of nitrogens with one attached hydrogen (secondary N) is 1. The molecule has 0 amide bonds. The number of benzene rings is 1. The summed E-state index contributed by atoms with van der Waals surface area (Å²) < 4.78 is 26.4. The molecule has 0 aliphatic rings. The van der Waals surface area contributed by atoms with Gasteiger partial charge < -0.3 is 10.4 Å². The van der Waals surface area contributed by atoms with Crippen molar-refractivity contribution in [3.8, 4) is 0 Å². The van der Waals surface area contributed by atoms with E-state index in [4.69, 9.17) is 11.6 Å². The minimum atomic E-state index is -0.710. The highest BCUT2D eigenvalue weighted by Gasteiger charge is 2.15. The van der Waals surface area contributed by atoms with Crippen LogP contribution in [0.4, 0.5) is 14.6 Å². The zero-order valence-electron chi connectivity index (χ0n) is 10.6. The fraction of sp³-hybridized carbons (Fsp3) is 0.231. The molecule has 7 heteroatoms. The van der Waals surface area contributed by atoms with Crippen molar-refractivity contribution in [2.24, 2.45) is 0 Å². The Bertz CT molecular complexity index is 604. The quantitative estimate of drug-likeness (QED) is 0.852. The van der Waals surface area contributed by atoms with Gasteiger partial charge in [0, 0.05) is 17.8 Å². The maximum atomic E-state index is 13.2. The number of hydrogen-bond donors (Lipinski definition) is 2. The Hall–Kier alpha value is -1.79. The molecule has 4 nitrogen and oxygen atoms in total. The predicted molar refractivity (Wildman–Crippen MR) is 71.6 cm³/mol. The average molecular weight is 300 g/mol. The number of aliphatic hydroxyl groups is 1. The Morgan fingerprint density at radius 2 is 1.95 bits per heavy atom. The first kappa shape index (κ1) is 14.6. The van der Waals surface area contributed by atoms with Crippen LogP contribution in [0.3, 0.4) is 0 Å². The summed E-state index contributed by atoms with van der Waals surface area (Å²) in [6, 6.07) is 2.36. The Balaban J connectivity index is 2.30. The molecule has 2 rings (SSSR count). The van der Waals surface area contributed by atoms with Gasteiger partial charge in [-0.25, -0.2) is 18.7 Å². The first-order valence-corrected chi connectivity index (χ1v) is 6.20. The lowest BCUT2D eigenvalue weighted by atomic mass is 10.1. The zero-order chi connectivity index (χ0) is 14.7. The second kappa shape index (κ2) is 6.11. The molecule has 0 spiro atoms.